The van der Waals surface area contributed by atoms with E-state index in [0.717, 1.165) is 32.4 Å². The highest BCUT2D eigenvalue weighted by molar-refractivity contribution is 5.81. The number of hydrogen-bond donors (Lipinski definition) is 0. The summed E-state index contributed by atoms with van der Waals surface area (Å²) in [7, 11) is 0. The molecule has 0 bridgehead atoms. The van der Waals surface area contributed by atoms with Gasteiger partial charge in [-0.1, -0.05) is 0 Å². The number of likely N-dealkylation sites (tertiary alicyclic amines) is 1. The fourth-order valence-electron chi connectivity index (χ4n) is 2.38. The second-order valence-corrected chi connectivity index (χ2v) is 4.46. The van der Waals surface area contributed by atoms with Gasteiger partial charge < -0.3 is 0 Å². The van der Waals surface area contributed by atoms with E-state index in [4.69, 9.17) is 5.26 Å². The summed E-state index contributed by atoms with van der Waals surface area (Å²) in [4.78, 5) is 13.5. The molecule has 2 unspecified atom stereocenters. The molecular weight excluding hydrogens is 176 g/mol. The molecule has 0 aromatic heterocycles. The van der Waals surface area contributed by atoms with Crippen molar-refractivity contribution in [2.45, 2.75) is 32.2 Å². The fraction of sp³-hybridized carbons (Fsp3) is 0.818. The van der Waals surface area contributed by atoms with Crippen LogP contribution in [0.5, 0.6) is 0 Å². The van der Waals surface area contributed by atoms with Crippen molar-refractivity contribution in [3.63, 3.8) is 0 Å². The number of nitriles is 1. The Morgan fingerprint density at radius 2 is 2.07 bits per heavy atom. The summed E-state index contributed by atoms with van der Waals surface area (Å²) in [6.45, 7) is 3.70. The molecule has 2 atom stereocenters. The van der Waals surface area contributed by atoms with Crippen LogP contribution >= 0.6 is 0 Å². The molecule has 3 heteroatoms. The molecule has 2 rings (SSSR count). The summed E-state index contributed by atoms with van der Waals surface area (Å²) in [5.41, 5.74) is 0. The first-order valence-corrected chi connectivity index (χ1v) is 5.36. The summed E-state index contributed by atoms with van der Waals surface area (Å²) >= 11 is 0. The number of carbonyl (C=O) groups excluding carboxylic acids is 1. The average Bonchev–Trinajstić information content (AvgIpc) is 2.97. The Labute approximate surface area is 84.7 Å². The van der Waals surface area contributed by atoms with E-state index in [2.05, 4.69) is 11.0 Å². The molecule has 1 saturated carbocycles. The number of nitrogens with zero attached hydrogens (tertiary/aromatic N) is 2. The maximum absolute atomic E-state index is 11.1. The summed E-state index contributed by atoms with van der Waals surface area (Å²) in [6.07, 6.45) is 3.02. The Kier molecular flexibility index (Phi) is 2.56. The first-order valence-electron chi connectivity index (χ1n) is 5.36. The molecule has 2 aliphatic rings. The normalized spacial score (nSPS) is 33.7. The van der Waals surface area contributed by atoms with Crippen molar-refractivity contribution in [3.05, 3.63) is 0 Å². The van der Waals surface area contributed by atoms with Crippen molar-refractivity contribution >= 4 is 5.78 Å². The lowest BCUT2D eigenvalue weighted by atomic mass is 9.98. The SMILES string of the molecule is CC(=O)C1CC1N1CCC(C#N)CC1. The zero-order chi connectivity index (χ0) is 10.1. The number of carbonyl (C=O) groups is 1. The molecule has 1 aliphatic heterocycles. The van der Waals surface area contributed by atoms with Crippen LogP contribution in [0, 0.1) is 23.2 Å². The van der Waals surface area contributed by atoms with Gasteiger partial charge in [0, 0.05) is 17.9 Å². The van der Waals surface area contributed by atoms with Crippen LogP contribution < -0.4 is 0 Å². The van der Waals surface area contributed by atoms with Gasteiger partial charge in [0.25, 0.3) is 0 Å². The minimum absolute atomic E-state index is 0.251. The van der Waals surface area contributed by atoms with Crippen molar-refractivity contribution < 1.29 is 4.79 Å². The molecule has 0 aromatic rings. The van der Waals surface area contributed by atoms with Crippen LogP contribution in [0.2, 0.25) is 0 Å². The van der Waals surface area contributed by atoms with Gasteiger partial charge in [-0.3, -0.25) is 9.69 Å². The molecule has 1 aliphatic carbocycles. The minimum atomic E-state index is 0.251. The average molecular weight is 192 g/mol. The van der Waals surface area contributed by atoms with Gasteiger partial charge in [-0.05, 0) is 39.3 Å². The Balaban J connectivity index is 1.81. The lowest BCUT2D eigenvalue weighted by Crippen LogP contribution is -2.36. The van der Waals surface area contributed by atoms with E-state index in [1.165, 1.54) is 0 Å². The third-order valence-electron chi connectivity index (χ3n) is 3.46. The molecule has 2 fully saturated rings. The van der Waals surface area contributed by atoms with E-state index >= 15 is 0 Å². The van der Waals surface area contributed by atoms with Crippen LogP contribution in [0.3, 0.4) is 0 Å². The lowest BCUT2D eigenvalue weighted by molar-refractivity contribution is -0.118. The van der Waals surface area contributed by atoms with Gasteiger partial charge in [-0.15, -0.1) is 0 Å². The monoisotopic (exact) mass is 192 g/mol. The molecular formula is C11H16N2O. The van der Waals surface area contributed by atoms with Crippen molar-refractivity contribution in [1.82, 2.24) is 4.90 Å². The summed E-state index contributed by atoms with van der Waals surface area (Å²) < 4.78 is 0. The van der Waals surface area contributed by atoms with E-state index in [0.29, 0.717) is 17.7 Å². The molecule has 0 aromatic carbocycles. The topological polar surface area (TPSA) is 44.1 Å². The Hall–Kier alpha value is -0.880. The van der Waals surface area contributed by atoms with E-state index in [-0.39, 0.29) is 5.92 Å². The second-order valence-electron chi connectivity index (χ2n) is 4.46. The standard InChI is InChI=1S/C11H16N2O/c1-8(14)10-6-11(10)13-4-2-9(7-12)3-5-13/h9-11H,2-6H2,1H3. The van der Waals surface area contributed by atoms with Gasteiger partial charge in [0.2, 0.25) is 0 Å². The van der Waals surface area contributed by atoms with Gasteiger partial charge in [-0.2, -0.15) is 5.26 Å². The molecule has 0 N–H and O–H groups in total. The number of hydrogen-bond acceptors (Lipinski definition) is 3. The van der Waals surface area contributed by atoms with E-state index in [1.54, 1.807) is 6.92 Å². The number of ketones is 1. The van der Waals surface area contributed by atoms with E-state index < -0.39 is 0 Å². The van der Waals surface area contributed by atoms with E-state index in [1.807, 2.05) is 0 Å². The first kappa shape index (κ1) is 9.67. The van der Waals surface area contributed by atoms with Gasteiger partial charge in [-0.25, -0.2) is 0 Å². The van der Waals surface area contributed by atoms with Crippen molar-refractivity contribution in [1.29, 1.82) is 5.26 Å². The third kappa shape index (κ3) is 1.80. The van der Waals surface area contributed by atoms with Crippen molar-refractivity contribution in [2.24, 2.45) is 11.8 Å². The highest BCUT2D eigenvalue weighted by Crippen LogP contribution is 2.38. The van der Waals surface area contributed by atoms with Crippen molar-refractivity contribution in [2.75, 3.05) is 13.1 Å². The Morgan fingerprint density at radius 1 is 1.43 bits per heavy atom. The van der Waals surface area contributed by atoms with Crippen LogP contribution in [0.4, 0.5) is 0 Å². The van der Waals surface area contributed by atoms with E-state index in [9.17, 15) is 4.79 Å². The molecule has 0 amide bonds. The summed E-state index contributed by atoms with van der Waals surface area (Å²) in [5.74, 6) is 0.881. The Morgan fingerprint density at radius 3 is 2.50 bits per heavy atom. The molecule has 1 heterocycles. The smallest absolute Gasteiger partial charge is 0.134 e. The molecule has 14 heavy (non-hydrogen) atoms. The lowest BCUT2D eigenvalue weighted by Gasteiger charge is -2.29. The van der Waals surface area contributed by atoms with Gasteiger partial charge in [0.15, 0.2) is 0 Å². The van der Waals surface area contributed by atoms with Crippen LogP contribution in [0.15, 0.2) is 0 Å². The Bertz CT molecular complexity index is 274. The van der Waals surface area contributed by atoms with Gasteiger partial charge >= 0.3 is 0 Å². The van der Waals surface area contributed by atoms with Crippen LogP contribution in [-0.4, -0.2) is 29.8 Å². The number of piperidine rings is 1. The predicted molar refractivity (Wildman–Crippen MR) is 52.5 cm³/mol. The van der Waals surface area contributed by atoms with Crippen LogP contribution in [-0.2, 0) is 4.79 Å². The maximum atomic E-state index is 11.1. The minimum Gasteiger partial charge on any atom is -0.300 e. The van der Waals surface area contributed by atoms with Gasteiger partial charge in [0.1, 0.15) is 5.78 Å². The highest BCUT2D eigenvalue weighted by Gasteiger charge is 2.45. The summed E-state index contributed by atoms with van der Waals surface area (Å²) in [6, 6.07) is 2.83. The summed E-state index contributed by atoms with van der Waals surface area (Å²) in [5, 5.41) is 8.75. The number of Topliss-reactive ketones (excluding diaryl/α,β-unsaturated/α-hetero) is 1. The third-order valence-corrected chi connectivity index (χ3v) is 3.46. The quantitative estimate of drug-likeness (QED) is 0.660. The number of rotatable bonds is 2. The first-order chi connectivity index (χ1) is 6.72. The highest BCUT2D eigenvalue weighted by atomic mass is 16.1. The van der Waals surface area contributed by atoms with Gasteiger partial charge in [0.05, 0.1) is 6.07 Å². The largest absolute Gasteiger partial charge is 0.300 e. The maximum Gasteiger partial charge on any atom is 0.134 e. The second kappa shape index (κ2) is 3.70. The predicted octanol–water partition coefficient (Wildman–Crippen LogP) is 1.20. The zero-order valence-electron chi connectivity index (χ0n) is 8.57. The molecule has 0 spiro atoms. The molecule has 3 nitrogen and oxygen atoms in total. The molecule has 0 radical (unpaired) electrons. The van der Waals surface area contributed by atoms with Crippen molar-refractivity contribution in [3.8, 4) is 6.07 Å². The molecule has 1 saturated heterocycles. The fourth-order valence-corrected chi connectivity index (χ4v) is 2.38. The van der Waals surface area contributed by atoms with Crippen LogP contribution in [0.1, 0.15) is 26.2 Å². The zero-order valence-corrected chi connectivity index (χ0v) is 8.57. The molecule has 76 valence electrons. The van der Waals surface area contributed by atoms with Crippen LogP contribution in [0.25, 0.3) is 0 Å².